The Kier molecular flexibility index (Phi) is 2.02. The lowest BCUT2D eigenvalue weighted by atomic mass is 10.0. The van der Waals surface area contributed by atoms with Gasteiger partial charge in [-0.05, 0) is 36.9 Å². The summed E-state index contributed by atoms with van der Waals surface area (Å²) >= 11 is 4.94. The van der Waals surface area contributed by atoms with Crippen LogP contribution < -0.4 is 16.6 Å². The molecule has 0 amide bonds. The van der Waals surface area contributed by atoms with Crippen molar-refractivity contribution < 1.29 is 0 Å². The number of hydrazine groups is 1. The monoisotopic (exact) mass is 183 g/mol. The second-order valence-electron chi connectivity index (χ2n) is 3.50. The molecule has 66 valence electrons. The van der Waals surface area contributed by atoms with E-state index in [0.29, 0.717) is 17.1 Å². The van der Waals surface area contributed by atoms with Gasteiger partial charge in [0.2, 0.25) is 0 Å². The quantitative estimate of drug-likeness (QED) is 0.237. The molecule has 0 spiro atoms. The average Bonchev–Trinajstić information content (AvgIpc) is 2.64. The van der Waals surface area contributed by atoms with E-state index >= 15 is 0 Å². The number of nitrogens with one attached hydrogen (secondary N) is 2. The second-order valence-corrected chi connectivity index (χ2v) is 3.91. The van der Waals surface area contributed by atoms with E-state index in [2.05, 4.69) is 22.9 Å². The third kappa shape index (κ3) is 1.32. The van der Waals surface area contributed by atoms with Gasteiger partial charge in [0.1, 0.15) is 0 Å². The van der Waals surface area contributed by atoms with Crippen molar-refractivity contribution in [3.05, 3.63) is 12.2 Å². The minimum Gasteiger partial charge on any atom is -0.358 e. The van der Waals surface area contributed by atoms with Crippen LogP contribution in [0.1, 0.15) is 12.8 Å². The number of fused-ring (bicyclic) bond motifs is 2. The Morgan fingerprint density at radius 2 is 2.25 bits per heavy atom. The first kappa shape index (κ1) is 8.01. The molecule has 0 radical (unpaired) electrons. The van der Waals surface area contributed by atoms with E-state index in [1.165, 1.54) is 12.8 Å². The van der Waals surface area contributed by atoms with E-state index in [1.54, 1.807) is 0 Å². The van der Waals surface area contributed by atoms with E-state index in [9.17, 15) is 0 Å². The van der Waals surface area contributed by atoms with Crippen LogP contribution in [0, 0.1) is 11.8 Å². The summed E-state index contributed by atoms with van der Waals surface area (Å²) in [5.74, 6) is 6.62. The Labute approximate surface area is 77.4 Å². The van der Waals surface area contributed by atoms with Crippen molar-refractivity contribution >= 4 is 17.3 Å². The van der Waals surface area contributed by atoms with E-state index in [-0.39, 0.29) is 0 Å². The van der Waals surface area contributed by atoms with Crippen LogP contribution in [0.4, 0.5) is 0 Å². The molecule has 2 aliphatic carbocycles. The second kappa shape index (κ2) is 3.03. The maximum atomic E-state index is 5.18. The predicted octanol–water partition coefficient (Wildman–Crippen LogP) is 0.289. The molecule has 12 heavy (non-hydrogen) atoms. The van der Waals surface area contributed by atoms with Crippen LogP contribution >= 0.6 is 12.2 Å². The molecule has 0 saturated heterocycles. The molecule has 3 atom stereocenters. The van der Waals surface area contributed by atoms with Crippen LogP contribution in [0.2, 0.25) is 0 Å². The molecular weight excluding hydrogens is 170 g/mol. The van der Waals surface area contributed by atoms with Gasteiger partial charge in [-0.25, -0.2) is 5.84 Å². The summed E-state index contributed by atoms with van der Waals surface area (Å²) in [6.45, 7) is 0. The molecule has 4 N–H and O–H groups in total. The molecule has 1 saturated carbocycles. The third-order valence-corrected chi connectivity index (χ3v) is 2.96. The van der Waals surface area contributed by atoms with Crippen molar-refractivity contribution in [2.24, 2.45) is 17.7 Å². The van der Waals surface area contributed by atoms with Crippen molar-refractivity contribution in [2.75, 3.05) is 0 Å². The molecule has 2 aliphatic rings. The summed E-state index contributed by atoms with van der Waals surface area (Å²) in [6.07, 6.45) is 7.07. The van der Waals surface area contributed by atoms with Gasteiger partial charge in [0.05, 0.1) is 0 Å². The molecule has 0 aromatic carbocycles. The number of hydrogen-bond acceptors (Lipinski definition) is 2. The molecular formula is C8H13N3S. The standard InChI is InChI=1S/C8H13N3S/c9-11-8(12)10-7-4-5-1-2-6(7)3-5/h1-2,5-7H,3-4,9H2,(H2,10,11,12)/t5-,6+,7-/m0/s1. The first-order valence-corrected chi connectivity index (χ1v) is 4.66. The van der Waals surface area contributed by atoms with Crippen molar-refractivity contribution in [1.29, 1.82) is 0 Å². The van der Waals surface area contributed by atoms with Gasteiger partial charge in [0.25, 0.3) is 0 Å². The molecule has 0 aliphatic heterocycles. The van der Waals surface area contributed by atoms with Gasteiger partial charge in [-0.1, -0.05) is 12.2 Å². The van der Waals surface area contributed by atoms with Crippen molar-refractivity contribution in [2.45, 2.75) is 18.9 Å². The van der Waals surface area contributed by atoms with Crippen molar-refractivity contribution in [3.8, 4) is 0 Å². The van der Waals surface area contributed by atoms with Crippen LogP contribution in [0.3, 0.4) is 0 Å². The number of hydrogen-bond donors (Lipinski definition) is 3. The summed E-state index contributed by atoms with van der Waals surface area (Å²) in [6, 6.07) is 0.503. The predicted molar refractivity (Wildman–Crippen MR) is 52.2 cm³/mol. The average molecular weight is 183 g/mol. The number of nitrogens with two attached hydrogens (primary N) is 1. The minimum atomic E-state index is 0.503. The van der Waals surface area contributed by atoms with Gasteiger partial charge in [0.15, 0.2) is 5.11 Å². The fraction of sp³-hybridized carbons (Fsp3) is 0.625. The molecule has 0 aromatic heterocycles. The molecule has 2 bridgehead atoms. The lowest BCUT2D eigenvalue weighted by molar-refractivity contribution is 0.520. The minimum absolute atomic E-state index is 0.503. The van der Waals surface area contributed by atoms with Gasteiger partial charge in [-0.15, -0.1) is 0 Å². The SMILES string of the molecule is NNC(=S)N[C@H]1C[C@H]2C=C[C@@H]1C2. The molecule has 4 heteroatoms. The summed E-state index contributed by atoms with van der Waals surface area (Å²) < 4.78 is 0. The maximum absolute atomic E-state index is 5.18. The van der Waals surface area contributed by atoms with Crippen LogP contribution in [0.15, 0.2) is 12.2 Å². The maximum Gasteiger partial charge on any atom is 0.180 e. The smallest absolute Gasteiger partial charge is 0.180 e. The van der Waals surface area contributed by atoms with E-state index in [4.69, 9.17) is 18.1 Å². The Morgan fingerprint density at radius 3 is 2.75 bits per heavy atom. The molecule has 0 unspecified atom stereocenters. The highest BCUT2D eigenvalue weighted by atomic mass is 32.1. The Hall–Kier alpha value is -0.610. The molecule has 0 aromatic rings. The number of rotatable bonds is 1. The Bertz CT molecular complexity index is 226. The highest BCUT2D eigenvalue weighted by molar-refractivity contribution is 7.80. The Morgan fingerprint density at radius 1 is 1.42 bits per heavy atom. The van der Waals surface area contributed by atoms with Gasteiger partial charge < -0.3 is 10.7 Å². The van der Waals surface area contributed by atoms with Crippen LogP contribution in [-0.2, 0) is 0 Å². The first-order valence-electron chi connectivity index (χ1n) is 4.25. The lowest BCUT2D eigenvalue weighted by Gasteiger charge is -2.20. The molecule has 1 fully saturated rings. The third-order valence-electron chi connectivity index (χ3n) is 2.73. The van der Waals surface area contributed by atoms with Gasteiger partial charge >= 0.3 is 0 Å². The van der Waals surface area contributed by atoms with Crippen LogP contribution in [-0.4, -0.2) is 11.2 Å². The van der Waals surface area contributed by atoms with Crippen molar-refractivity contribution in [3.63, 3.8) is 0 Å². The number of allylic oxidation sites excluding steroid dienone is 1. The normalized spacial score (nSPS) is 36.9. The molecule has 0 heterocycles. The molecule has 3 nitrogen and oxygen atoms in total. The van der Waals surface area contributed by atoms with E-state index < -0.39 is 0 Å². The zero-order valence-corrected chi connectivity index (χ0v) is 7.60. The fourth-order valence-corrected chi connectivity index (χ4v) is 2.31. The van der Waals surface area contributed by atoms with E-state index in [1.807, 2.05) is 0 Å². The lowest BCUT2D eigenvalue weighted by Crippen LogP contribution is -2.46. The van der Waals surface area contributed by atoms with Crippen LogP contribution in [0.5, 0.6) is 0 Å². The number of thiocarbonyl (C=S) groups is 1. The van der Waals surface area contributed by atoms with Gasteiger partial charge in [-0.3, -0.25) is 0 Å². The summed E-state index contributed by atoms with van der Waals surface area (Å²) in [7, 11) is 0. The zero-order chi connectivity index (χ0) is 8.55. The Balaban J connectivity index is 1.91. The summed E-state index contributed by atoms with van der Waals surface area (Å²) in [4.78, 5) is 0. The largest absolute Gasteiger partial charge is 0.358 e. The molecule has 2 rings (SSSR count). The van der Waals surface area contributed by atoms with Crippen LogP contribution in [0.25, 0.3) is 0 Å². The first-order chi connectivity index (χ1) is 5.79. The van der Waals surface area contributed by atoms with Crippen molar-refractivity contribution in [1.82, 2.24) is 10.7 Å². The fourth-order valence-electron chi connectivity index (χ4n) is 2.16. The van der Waals surface area contributed by atoms with Gasteiger partial charge in [0, 0.05) is 6.04 Å². The summed E-state index contributed by atoms with van der Waals surface area (Å²) in [5.41, 5.74) is 2.45. The zero-order valence-electron chi connectivity index (χ0n) is 6.79. The summed E-state index contributed by atoms with van der Waals surface area (Å²) in [5, 5.41) is 3.76. The highest BCUT2D eigenvalue weighted by Gasteiger charge is 2.35. The highest BCUT2D eigenvalue weighted by Crippen LogP contribution is 2.38. The van der Waals surface area contributed by atoms with E-state index in [0.717, 1.165) is 5.92 Å². The van der Waals surface area contributed by atoms with Gasteiger partial charge in [-0.2, -0.15) is 0 Å². The topological polar surface area (TPSA) is 50.1 Å².